The number of anilines is 1. The van der Waals surface area contributed by atoms with Gasteiger partial charge < -0.3 is 26.0 Å². The Bertz CT molecular complexity index is 1350. The number of benzene rings is 3. The Labute approximate surface area is 219 Å². The highest BCUT2D eigenvalue weighted by atomic mass is 35.5. The van der Waals surface area contributed by atoms with Gasteiger partial charge in [-0.05, 0) is 42.3 Å². The molecule has 0 radical (unpaired) electrons. The number of nitrogens with zero attached hydrogens (tertiary/aromatic N) is 1. The first-order chi connectivity index (χ1) is 17.8. The van der Waals surface area contributed by atoms with Crippen molar-refractivity contribution in [1.82, 2.24) is 10.2 Å². The molecule has 4 rings (SSSR count). The third-order valence-electron chi connectivity index (χ3n) is 6.04. The van der Waals surface area contributed by atoms with E-state index in [0.717, 1.165) is 5.56 Å². The normalized spacial score (nSPS) is 13.3. The number of nitrogen functional groups attached to an aromatic ring is 1. The zero-order chi connectivity index (χ0) is 26.5. The zero-order valence-electron chi connectivity index (χ0n) is 20.2. The van der Waals surface area contributed by atoms with Crippen LogP contribution in [0.1, 0.15) is 39.5 Å². The van der Waals surface area contributed by atoms with Crippen molar-refractivity contribution >= 4 is 34.9 Å². The third-order valence-corrected chi connectivity index (χ3v) is 6.27. The highest BCUT2D eigenvalue weighted by Crippen LogP contribution is 2.28. The van der Waals surface area contributed by atoms with Crippen LogP contribution in [0, 0.1) is 11.2 Å². The number of carbonyl (C=O) groups excluding carboxylic acids is 2. The Kier molecular flexibility index (Phi) is 8.05. The number of nitrogens with two attached hydrogens (primary N) is 1. The number of carbonyl (C=O) groups is 2. The van der Waals surface area contributed by atoms with Gasteiger partial charge in [0.2, 0.25) is 6.23 Å². The second-order valence-electron chi connectivity index (χ2n) is 8.49. The summed E-state index contributed by atoms with van der Waals surface area (Å²) in [6.07, 6.45) is -1.13. The highest BCUT2D eigenvalue weighted by molar-refractivity contribution is 6.31. The summed E-state index contributed by atoms with van der Waals surface area (Å²) in [6, 6.07) is 16.5. The van der Waals surface area contributed by atoms with Gasteiger partial charge in [-0.25, -0.2) is 4.39 Å². The fourth-order valence-corrected chi connectivity index (χ4v) is 4.29. The first-order valence-corrected chi connectivity index (χ1v) is 12.1. The van der Waals surface area contributed by atoms with Gasteiger partial charge in [0.1, 0.15) is 11.7 Å². The average molecular weight is 524 g/mol. The summed E-state index contributed by atoms with van der Waals surface area (Å²) >= 11 is 6.05. The van der Waals surface area contributed by atoms with Gasteiger partial charge in [-0.3, -0.25) is 15.0 Å². The van der Waals surface area contributed by atoms with E-state index in [1.54, 1.807) is 61.5 Å². The molecular weight excluding hydrogens is 497 g/mol. The molecule has 37 heavy (non-hydrogen) atoms. The molecule has 2 amide bonds. The van der Waals surface area contributed by atoms with Crippen LogP contribution in [0.15, 0.2) is 60.7 Å². The van der Waals surface area contributed by atoms with Gasteiger partial charge in [0, 0.05) is 53.6 Å². The van der Waals surface area contributed by atoms with Crippen molar-refractivity contribution in [3.8, 4) is 0 Å². The highest BCUT2D eigenvalue weighted by Gasteiger charge is 2.37. The number of rotatable bonds is 10. The minimum Gasteiger partial charge on any atom is -0.384 e. The number of nitrogens with one attached hydrogen (secondary N) is 3. The maximum atomic E-state index is 14.1. The van der Waals surface area contributed by atoms with Crippen molar-refractivity contribution < 1.29 is 18.7 Å². The third kappa shape index (κ3) is 5.90. The van der Waals surface area contributed by atoms with E-state index in [1.807, 2.05) is 0 Å². The predicted molar refractivity (Wildman–Crippen MR) is 140 cm³/mol. The van der Waals surface area contributed by atoms with Crippen molar-refractivity contribution in [3.05, 3.63) is 99.3 Å². The van der Waals surface area contributed by atoms with Crippen LogP contribution in [-0.4, -0.2) is 35.4 Å². The molecule has 10 heteroatoms. The molecule has 0 fully saturated rings. The molecule has 0 spiro atoms. The molecule has 192 valence electrons. The van der Waals surface area contributed by atoms with E-state index >= 15 is 0 Å². The van der Waals surface area contributed by atoms with Crippen LogP contribution >= 0.6 is 11.6 Å². The molecule has 8 nitrogen and oxygen atoms in total. The van der Waals surface area contributed by atoms with Crippen molar-refractivity contribution in [2.24, 2.45) is 5.73 Å². The molecule has 1 aliphatic rings. The lowest BCUT2D eigenvalue weighted by molar-refractivity contribution is -0.143. The maximum Gasteiger partial charge on any atom is 0.270 e. The topological polar surface area (TPSA) is 121 Å². The lowest BCUT2D eigenvalue weighted by Gasteiger charge is -2.26. The van der Waals surface area contributed by atoms with E-state index in [2.05, 4.69) is 10.6 Å². The van der Waals surface area contributed by atoms with Crippen LogP contribution in [0.5, 0.6) is 0 Å². The predicted octanol–water partition coefficient (Wildman–Crippen LogP) is 4.01. The molecule has 1 heterocycles. The summed E-state index contributed by atoms with van der Waals surface area (Å²) in [4.78, 5) is 27.5. The molecule has 0 aromatic heterocycles. The van der Waals surface area contributed by atoms with E-state index in [9.17, 15) is 14.0 Å². The number of halogens is 2. The van der Waals surface area contributed by atoms with Crippen LogP contribution in [0.3, 0.4) is 0 Å². The molecule has 1 aliphatic heterocycles. The van der Waals surface area contributed by atoms with Gasteiger partial charge in [-0.2, -0.15) is 0 Å². The Balaban J connectivity index is 1.50. The Hall–Kier alpha value is -3.95. The molecular formula is C27H27ClFN5O3. The monoisotopic (exact) mass is 523 g/mol. The van der Waals surface area contributed by atoms with Gasteiger partial charge in [0.25, 0.3) is 11.8 Å². The van der Waals surface area contributed by atoms with Gasteiger partial charge in [0.05, 0.1) is 0 Å². The number of ether oxygens (including phenoxy) is 1. The maximum absolute atomic E-state index is 14.1. The number of hydrogen-bond acceptors (Lipinski definition) is 5. The summed E-state index contributed by atoms with van der Waals surface area (Å²) < 4.78 is 19.8. The number of amidine groups is 1. The van der Waals surface area contributed by atoms with Gasteiger partial charge in [-0.15, -0.1) is 0 Å². The Morgan fingerprint density at radius 1 is 1.16 bits per heavy atom. The Morgan fingerprint density at radius 3 is 2.68 bits per heavy atom. The van der Waals surface area contributed by atoms with Crippen LogP contribution in [0.2, 0.25) is 5.02 Å². The minimum absolute atomic E-state index is 0.0982. The van der Waals surface area contributed by atoms with E-state index in [-0.39, 0.29) is 43.8 Å². The molecule has 0 saturated carbocycles. The second kappa shape index (κ2) is 11.4. The van der Waals surface area contributed by atoms with Crippen LogP contribution in [0.25, 0.3) is 0 Å². The van der Waals surface area contributed by atoms with Crippen LogP contribution in [-0.2, 0) is 29.2 Å². The molecule has 0 saturated heterocycles. The van der Waals surface area contributed by atoms with Crippen LogP contribution in [0.4, 0.5) is 10.1 Å². The fraction of sp³-hybridized carbons (Fsp3) is 0.222. The molecule has 0 bridgehead atoms. The van der Waals surface area contributed by atoms with Crippen LogP contribution < -0.4 is 16.4 Å². The average Bonchev–Trinajstić information content (AvgIpc) is 3.20. The number of fused-ring (bicyclic) bond motifs is 1. The zero-order valence-corrected chi connectivity index (χ0v) is 20.9. The smallest absolute Gasteiger partial charge is 0.270 e. The van der Waals surface area contributed by atoms with Crippen molar-refractivity contribution in [1.29, 1.82) is 5.41 Å². The van der Waals surface area contributed by atoms with E-state index in [1.165, 1.54) is 11.0 Å². The minimum atomic E-state index is -1.13. The summed E-state index contributed by atoms with van der Waals surface area (Å²) in [5, 5.41) is 14.2. The van der Waals surface area contributed by atoms with Gasteiger partial charge >= 0.3 is 0 Å². The van der Waals surface area contributed by atoms with E-state index in [4.69, 9.17) is 27.5 Å². The van der Waals surface area contributed by atoms with Gasteiger partial charge in [0.15, 0.2) is 0 Å². The second-order valence-corrected chi connectivity index (χ2v) is 8.93. The molecule has 0 unspecified atom stereocenters. The van der Waals surface area contributed by atoms with Crippen molar-refractivity contribution in [2.45, 2.75) is 32.8 Å². The summed E-state index contributed by atoms with van der Waals surface area (Å²) in [6.45, 7) is 2.49. The number of hydrogen-bond donors (Lipinski definition) is 4. The first kappa shape index (κ1) is 26.1. The molecule has 3 aromatic rings. The van der Waals surface area contributed by atoms with Gasteiger partial charge in [-0.1, -0.05) is 48.0 Å². The van der Waals surface area contributed by atoms with E-state index in [0.29, 0.717) is 33.0 Å². The van der Waals surface area contributed by atoms with E-state index < -0.39 is 12.1 Å². The Morgan fingerprint density at radius 2 is 1.95 bits per heavy atom. The lowest BCUT2D eigenvalue weighted by Crippen LogP contribution is -2.48. The number of amides is 2. The quantitative estimate of drug-likeness (QED) is 0.236. The summed E-state index contributed by atoms with van der Waals surface area (Å²) in [7, 11) is 0. The summed E-state index contributed by atoms with van der Waals surface area (Å²) in [5.74, 6) is -1.27. The first-order valence-electron chi connectivity index (χ1n) is 11.7. The molecule has 3 aromatic carbocycles. The largest absolute Gasteiger partial charge is 0.384 e. The lowest BCUT2D eigenvalue weighted by atomic mass is 10.1. The SMILES string of the molecule is CCO[C@@H](C(=O)NCc1ccc(C(=N)N)cc1NCc1ccccc1F)N1Cc2ccc(Cl)cc2C1=O. The van der Waals surface area contributed by atoms with Crippen molar-refractivity contribution in [2.75, 3.05) is 11.9 Å². The molecule has 5 N–H and O–H groups in total. The van der Waals surface area contributed by atoms with Crippen molar-refractivity contribution in [3.63, 3.8) is 0 Å². The summed E-state index contributed by atoms with van der Waals surface area (Å²) in [5.41, 5.74) is 9.09. The fourth-order valence-electron chi connectivity index (χ4n) is 4.11. The molecule has 0 aliphatic carbocycles. The molecule has 1 atom stereocenters. The standard InChI is InChI=1S/C27H27ClFN5O3/c1-2-37-27(34-15-19-9-10-20(28)12-21(19)26(34)36)25(35)33-14-18-8-7-16(24(30)31)11-23(18)32-13-17-5-3-4-6-22(17)29/h3-12,27,32H,2,13-15H2,1H3,(H3,30,31)(H,33,35)/t27-/m0/s1.